The molecule has 0 aromatic heterocycles. The lowest BCUT2D eigenvalue weighted by Crippen LogP contribution is -2.19. The fourth-order valence-corrected chi connectivity index (χ4v) is 1.87. The van der Waals surface area contributed by atoms with Gasteiger partial charge in [-0.15, -0.1) is 0 Å². The quantitative estimate of drug-likeness (QED) is 0.717. The number of sulfonamides is 1. The third-order valence-electron chi connectivity index (χ3n) is 2.10. The van der Waals surface area contributed by atoms with Crippen LogP contribution in [0.3, 0.4) is 0 Å². The number of nitrogens with two attached hydrogens (primary N) is 2. The number of hydrogen-bond donors (Lipinski definition) is 2. The minimum atomic E-state index is -3.77. The van der Waals surface area contributed by atoms with Crippen molar-refractivity contribution in [3.05, 3.63) is 18.2 Å². The number of nitrogen functional groups attached to an aromatic ring is 1. The molecule has 0 saturated carbocycles. The highest BCUT2D eigenvalue weighted by atomic mass is 32.2. The molecule has 0 aliphatic heterocycles. The van der Waals surface area contributed by atoms with Crippen LogP contribution < -0.4 is 15.6 Å². The van der Waals surface area contributed by atoms with Crippen LogP contribution in [0.2, 0.25) is 0 Å². The summed E-state index contributed by atoms with van der Waals surface area (Å²) >= 11 is 0. The van der Waals surface area contributed by atoms with Gasteiger partial charge < -0.3 is 15.4 Å². The Hall–Kier alpha value is -1.31. The number of rotatable bonds is 5. The molecule has 0 spiro atoms. The van der Waals surface area contributed by atoms with Gasteiger partial charge in [0, 0.05) is 12.6 Å². The highest BCUT2D eigenvalue weighted by Crippen LogP contribution is 2.22. The fourth-order valence-electron chi connectivity index (χ4n) is 1.22. The topological polar surface area (TPSA) is 98.6 Å². The lowest BCUT2D eigenvalue weighted by atomic mass is 10.3. The van der Waals surface area contributed by atoms with E-state index < -0.39 is 10.0 Å². The predicted octanol–water partition coefficient (Wildman–Crippen LogP) is -0.143. The maximum atomic E-state index is 11.1. The van der Waals surface area contributed by atoms with Crippen molar-refractivity contribution in [1.82, 2.24) is 4.90 Å². The molecule has 1 rings (SSSR count). The number of likely N-dealkylation sites (N-methyl/N-ethyl adjacent to an activating group) is 1. The van der Waals surface area contributed by atoms with Crippen LogP contribution in [0.15, 0.2) is 23.1 Å². The number of anilines is 1. The average molecular weight is 259 g/mol. The molecule has 7 heteroatoms. The standard InChI is InChI=1S/C10H17N3O3S/c1-13(2)5-6-16-8-3-4-10(9(11)7-8)17(12,14)15/h3-4,7H,5-6,11H2,1-2H3,(H2,12,14,15). The van der Waals surface area contributed by atoms with E-state index in [0.717, 1.165) is 6.54 Å². The summed E-state index contributed by atoms with van der Waals surface area (Å²) in [5.41, 5.74) is 5.68. The van der Waals surface area contributed by atoms with E-state index in [9.17, 15) is 8.42 Å². The second-order valence-electron chi connectivity index (χ2n) is 3.90. The maximum absolute atomic E-state index is 11.1. The van der Waals surface area contributed by atoms with Crippen LogP contribution in [-0.2, 0) is 10.0 Å². The van der Waals surface area contributed by atoms with Gasteiger partial charge in [-0.1, -0.05) is 0 Å². The molecule has 0 radical (unpaired) electrons. The van der Waals surface area contributed by atoms with Crippen LogP contribution in [-0.4, -0.2) is 40.6 Å². The van der Waals surface area contributed by atoms with E-state index >= 15 is 0 Å². The van der Waals surface area contributed by atoms with Crippen molar-refractivity contribution >= 4 is 15.7 Å². The van der Waals surface area contributed by atoms with Gasteiger partial charge in [-0.3, -0.25) is 0 Å². The van der Waals surface area contributed by atoms with Crippen molar-refractivity contribution in [2.45, 2.75) is 4.90 Å². The van der Waals surface area contributed by atoms with Gasteiger partial charge >= 0.3 is 0 Å². The number of nitrogens with zero attached hydrogens (tertiary/aromatic N) is 1. The molecule has 4 N–H and O–H groups in total. The summed E-state index contributed by atoms with van der Waals surface area (Å²) in [7, 11) is 0.0917. The summed E-state index contributed by atoms with van der Waals surface area (Å²) in [5, 5.41) is 4.99. The lowest BCUT2D eigenvalue weighted by Gasteiger charge is -2.12. The van der Waals surface area contributed by atoms with E-state index in [2.05, 4.69) is 0 Å². The van der Waals surface area contributed by atoms with E-state index in [-0.39, 0.29) is 10.6 Å². The Morgan fingerprint density at radius 3 is 2.47 bits per heavy atom. The Morgan fingerprint density at radius 1 is 1.35 bits per heavy atom. The first-order valence-electron chi connectivity index (χ1n) is 5.00. The zero-order chi connectivity index (χ0) is 13.1. The Balaban J connectivity index is 2.76. The summed E-state index contributed by atoms with van der Waals surface area (Å²) in [5.74, 6) is 0.525. The predicted molar refractivity (Wildman–Crippen MR) is 66.3 cm³/mol. The van der Waals surface area contributed by atoms with Gasteiger partial charge in [-0.25, -0.2) is 13.6 Å². The molecule has 0 unspecified atom stereocenters. The number of hydrogen-bond acceptors (Lipinski definition) is 5. The van der Waals surface area contributed by atoms with Gasteiger partial charge in [0.2, 0.25) is 10.0 Å². The highest BCUT2D eigenvalue weighted by molar-refractivity contribution is 7.89. The number of primary sulfonamides is 1. The molecule has 0 aliphatic carbocycles. The first kappa shape index (κ1) is 13.8. The molecule has 0 aliphatic rings. The van der Waals surface area contributed by atoms with Gasteiger partial charge in [0.25, 0.3) is 0 Å². The first-order chi connectivity index (χ1) is 7.80. The maximum Gasteiger partial charge on any atom is 0.240 e. The summed E-state index contributed by atoms with van der Waals surface area (Å²) in [6.07, 6.45) is 0. The highest BCUT2D eigenvalue weighted by Gasteiger charge is 2.12. The van der Waals surface area contributed by atoms with E-state index in [0.29, 0.717) is 12.4 Å². The van der Waals surface area contributed by atoms with E-state index in [1.54, 1.807) is 0 Å². The molecular formula is C10H17N3O3S. The molecule has 0 amide bonds. The third-order valence-corrected chi connectivity index (χ3v) is 3.08. The van der Waals surface area contributed by atoms with Crippen molar-refractivity contribution in [3.63, 3.8) is 0 Å². The minimum absolute atomic E-state index is 0.0857. The fraction of sp³-hybridized carbons (Fsp3) is 0.400. The SMILES string of the molecule is CN(C)CCOc1ccc(S(N)(=O)=O)c(N)c1. The van der Waals surface area contributed by atoms with Crippen molar-refractivity contribution in [3.8, 4) is 5.75 Å². The average Bonchev–Trinajstić information content (AvgIpc) is 2.14. The van der Waals surface area contributed by atoms with E-state index in [4.69, 9.17) is 15.6 Å². The molecular weight excluding hydrogens is 242 g/mol. The van der Waals surface area contributed by atoms with Gasteiger partial charge in [-0.05, 0) is 26.2 Å². The summed E-state index contributed by atoms with van der Waals surface area (Å²) in [6.45, 7) is 1.26. The van der Waals surface area contributed by atoms with Crippen molar-refractivity contribution in [2.75, 3.05) is 33.0 Å². The van der Waals surface area contributed by atoms with Crippen LogP contribution in [0, 0.1) is 0 Å². The number of ether oxygens (including phenoxy) is 1. The van der Waals surface area contributed by atoms with Gasteiger partial charge in [0.05, 0.1) is 5.69 Å². The van der Waals surface area contributed by atoms with Crippen LogP contribution in [0.5, 0.6) is 5.75 Å². The largest absolute Gasteiger partial charge is 0.492 e. The molecule has 0 heterocycles. The molecule has 0 fully saturated rings. The molecule has 0 saturated heterocycles. The smallest absolute Gasteiger partial charge is 0.240 e. The normalized spacial score (nSPS) is 11.8. The monoisotopic (exact) mass is 259 g/mol. The number of benzene rings is 1. The van der Waals surface area contributed by atoms with Gasteiger partial charge in [-0.2, -0.15) is 0 Å². The van der Waals surface area contributed by atoms with Crippen molar-refractivity contribution in [1.29, 1.82) is 0 Å². The zero-order valence-corrected chi connectivity index (χ0v) is 10.7. The Labute approximate surface area is 101 Å². The summed E-state index contributed by atoms with van der Waals surface area (Å²) in [4.78, 5) is 1.89. The minimum Gasteiger partial charge on any atom is -0.492 e. The molecule has 1 aromatic rings. The summed E-state index contributed by atoms with van der Waals surface area (Å²) in [6, 6.07) is 4.33. The van der Waals surface area contributed by atoms with E-state index in [1.807, 2.05) is 19.0 Å². The van der Waals surface area contributed by atoms with Crippen LogP contribution in [0.1, 0.15) is 0 Å². The lowest BCUT2D eigenvalue weighted by molar-refractivity contribution is 0.261. The Kier molecular flexibility index (Phi) is 4.33. The van der Waals surface area contributed by atoms with Crippen LogP contribution >= 0.6 is 0 Å². The second-order valence-corrected chi connectivity index (χ2v) is 5.43. The molecule has 96 valence electrons. The molecule has 1 aromatic carbocycles. The molecule has 0 bridgehead atoms. The third kappa shape index (κ3) is 4.22. The summed E-state index contributed by atoms with van der Waals surface area (Å²) < 4.78 is 27.6. The van der Waals surface area contributed by atoms with Crippen molar-refractivity contribution < 1.29 is 13.2 Å². The Morgan fingerprint density at radius 2 is 2.00 bits per heavy atom. The van der Waals surface area contributed by atoms with Crippen LogP contribution in [0.4, 0.5) is 5.69 Å². The van der Waals surface area contributed by atoms with E-state index in [1.165, 1.54) is 18.2 Å². The molecule has 0 atom stereocenters. The van der Waals surface area contributed by atoms with Gasteiger partial charge in [0.1, 0.15) is 17.3 Å². The zero-order valence-electron chi connectivity index (χ0n) is 9.88. The Bertz CT molecular complexity index is 486. The van der Waals surface area contributed by atoms with Crippen molar-refractivity contribution in [2.24, 2.45) is 5.14 Å². The first-order valence-corrected chi connectivity index (χ1v) is 6.55. The second kappa shape index (κ2) is 5.35. The van der Waals surface area contributed by atoms with Gasteiger partial charge in [0.15, 0.2) is 0 Å². The van der Waals surface area contributed by atoms with Crippen LogP contribution in [0.25, 0.3) is 0 Å². The molecule has 6 nitrogen and oxygen atoms in total. The molecule has 17 heavy (non-hydrogen) atoms.